The van der Waals surface area contributed by atoms with E-state index in [2.05, 4.69) is 4.99 Å². The summed E-state index contributed by atoms with van der Waals surface area (Å²) in [4.78, 5) is 28.4. The van der Waals surface area contributed by atoms with Crippen molar-refractivity contribution in [1.29, 1.82) is 0 Å². The normalized spacial score (nSPS) is 12.0. The van der Waals surface area contributed by atoms with Crippen LogP contribution in [0, 0.1) is 0 Å². The van der Waals surface area contributed by atoms with Gasteiger partial charge in [0.15, 0.2) is 5.78 Å². The average molecular weight is 334 g/mol. The Kier molecular flexibility index (Phi) is 3.71. The molecule has 0 atom stereocenters. The Morgan fingerprint density at radius 3 is 2.48 bits per heavy atom. The number of hydrogen-bond donors (Lipinski definition) is 1. The second kappa shape index (κ2) is 5.51. The first-order valence-electron chi connectivity index (χ1n) is 6.04. The highest BCUT2D eigenvalue weighted by Gasteiger charge is 2.17. The second-order valence-corrected chi connectivity index (χ2v) is 7.46. The number of fused-ring (bicyclic) bond motifs is 1. The number of amides is 1. The summed E-state index contributed by atoms with van der Waals surface area (Å²) in [6, 6.07) is 8.90. The van der Waals surface area contributed by atoms with Gasteiger partial charge in [-0.3, -0.25) is 9.59 Å². The summed E-state index contributed by atoms with van der Waals surface area (Å²) in [5, 5.41) is 0. The summed E-state index contributed by atoms with van der Waals surface area (Å²) in [7, 11) is 2.85. The van der Waals surface area contributed by atoms with Crippen molar-refractivity contribution >= 4 is 58.8 Å². The van der Waals surface area contributed by atoms with Crippen LogP contribution in [-0.4, -0.2) is 11.7 Å². The third-order valence-electron chi connectivity index (χ3n) is 2.84. The van der Waals surface area contributed by atoms with Gasteiger partial charge in [-0.2, -0.15) is 4.99 Å². The monoisotopic (exact) mass is 334 g/mol. The van der Waals surface area contributed by atoms with E-state index in [0.717, 1.165) is 9.40 Å². The fourth-order valence-electron chi connectivity index (χ4n) is 1.84. The number of thiophene rings is 1. The number of nitrogens with two attached hydrogens (primary N) is 1. The third-order valence-corrected chi connectivity index (χ3v) is 6.76. The molecule has 0 radical (unpaired) electrons. The molecule has 0 spiro atoms. The molecule has 1 aromatic carbocycles. The molecule has 0 saturated heterocycles. The van der Waals surface area contributed by atoms with Gasteiger partial charge >= 0.3 is 0 Å². The van der Waals surface area contributed by atoms with Crippen LogP contribution >= 0.6 is 32.0 Å². The summed E-state index contributed by atoms with van der Waals surface area (Å²) < 4.78 is 2.28. The minimum absolute atomic E-state index is 0.0637. The smallest absolute Gasteiger partial charge is 0.278 e. The van der Waals surface area contributed by atoms with Crippen molar-refractivity contribution in [2.75, 3.05) is 5.73 Å². The van der Waals surface area contributed by atoms with Gasteiger partial charge < -0.3 is 5.73 Å². The minimum atomic E-state index is -0.289. The largest absolute Gasteiger partial charge is 0.396 e. The summed E-state index contributed by atoms with van der Waals surface area (Å²) in [5.74, 6) is -0.353. The number of anilines is 1. The van der Waals surface area contributed by atoms with Gasteiger partial charge in [-0.05, 0) is 12.1 Å². The number of carbonyl (C=O) groups is 2. The lowest BCUT2D eigenvalue weighted by atomic mass is 10.2. The Hall–Kier alpha value is -1.83. The van der Waals surface area contributed by atoms with Gasteiger partial charge in [0.1, 0.15) is 4.67 Å². The van der Waals surface area contributed by atoms with Crippen LogP contribution in [-0.2, 0) is 0 Å². The number of benzene rings is 1. The van der Waals surface area contributed by atoms with Crippen molar-refractivity contribution in [3.63, 3.8) is 0 Å². The maximum absolute atomic E-state index is 12.1. The van der Waals surface area contributed by atoms with Crippen molar-refractivity contribution in [1.82, 2.24) is 0 Å². The van der Waals surface area contributed by atoms with E-state index in [4.69, 9.17) is 5.73 Å². The van der Waals surface area contributed by atoms with E-state index in [0.29, 0.717) is 20.8 Å². The van der Waals surface area contributed by atoms with Crippen molar-refractivity contribution in [3.05, 3.63) is 45.4 Å². The highest BCUT2D eigenvalue weighted by molar-refractivity contribution is 7.72. The zero-order chi connectivity index (χ0) is 15.0. The van der Waals surface area contributed by atoms with Crippen LogP contribution in [0.1, 0.15) is 27.0 Å². The van der Waals surface area contributed by atoms with Crippen LogP contribution in [0.15, 0.2) is 35.3 Å². The van der Waals surface area contributed by atoms with Gasteiger partial charge in [-0.1, -0.05) is 38.9 Å². The van der Waals surface area contributed by atoms with Crippen LogP contribution in [0.2, 0.25) is 0 Å². The van der Waals surface area contributed by atoms with Crippen molar-refractivity contribution < 1.29 is 9.59 Å². The Labute approximate surface area is 131 Å². The lowest BCUT2D eigenvalue weighted by Gasteiger charge is -1.91. The van der Waals surface area contributed by atoms with Gasteiger partial charge in [-0.25, -0.2) is 0 Å². The lowest BCUT2D eigenvalue weighted by Crippen LogP contribution is -2.01. The fraction of sp³-hybridized carbons (Fsp3) is 0.0714. The van der Waals surface area contributed by atoms with Crippen LogP contribution in [0.4, 0.5) is 5.69 Å². The summed E-state index contributed by atoms with van der Waals surface area (Å²) in [5.41, 5.74) is 7.01. The second-order valence-electron chi connectivity index (χ2n) is 4.31. The van der Waals surface area contributed by atoms with Gasteiger partial charge in [0.05, 0.1) is 20.0 Å². The number of ketones is 1. The third kappa shape index (κ3) is 2.55. The molecule has 3 aromatic rings. The first-order chi connectivity index (χ1) is 10.1. The predicted octanol–water partition coefficient (Wildman–Crippen LogP) is 3.55. The topological polar surface area (TPSA) is 72.5 Å². The highest BCUT2D eigenvalue weighted by atomic mass is 32.9. The fourth-order valence-corrected chi connectivity index (χ4v) is 5.87. The van der Waals surface area contributed by atoms with E-state index in [1.54, 1.807) is 24.3 Å². The van der Waals surface area contributed by atoms with Gasteiger partial charge in [0.25, 0.3) is 5.91 Å². The molecule has 4 nitrogen and oxygen atoms in total. The predicted molar refractivity (Wildman–Crippen MR) is 88.3 cm³/mol. The molecule has 2 N–H and O–H groups in total. The van der Waals surface area contributed by atoms with Crippen molar-refractivity contribution in [3.8, 4) is 0 Å². The summed E-state index contributed by atoms with van der Waals surface area (Å²) in [6.07, 6.45) is 0. The molecular weight excluding hydrogens is 324 g/mol. The SMILES string of the molecule is CC(=O)c1sc2c(=NC(=O)c3ccccc3)ssc2c1N. The molecule has 7 heteroatoms. The molecule has 0 aliphatic rings. The van der Waals surface area contributed by atoms with Gasteiger partial charge in [0, 0.05) is 12.5 Å². The van der Waals surface area contributed by atoms with E-state index in [9.17, 15) is 9.59 Å². The van der Waals surface area contributed by atoms with Gasteiger partial charge in [0.2, 0.25) is 0 Å². The van der Waals surface area contributed by atoms with E-state index in [-0.39, 0.29) is 11.7 Å². The molecule has 106 valence electrons. The summed E-state index contributed by atoms with van der Waals surface area (Å²) in [6.45, 7) is 1.49. The molecule has 0 bridgehead atoms. The minimum Gasteiger partial charge on any atom is -0.396 e. The van der Waals surface area contributed by atoms with E-state index < -0.39 is 0 Å². The summed E-state index contributed by atoms with van der Waals surface area (Å²) >= 11 is 1.30. The highest BCUT2D eigenvalue weighted by Crippen LogP contribution is 2.36. The Balaban J connectivity index is 2.13. The van der Waals surface area contributed by atoms with E-state index in [1.807, 2.05) is 6.07 Å². The quantitative estimate of drug-likeness (QED) is 0.575. The van der Waals surface area contributed by atoms with Crippen LogP contribution in [0.25, 0.3) is 9.40 Å². The van der Waals surface area contributed by atoms with E-state index >= 15 is 0 Å². The number of nitrogen functional groups attached to an aromatic ring is 1. The zero-order valence-electron chi connectivity index (χ0n) is 11.0. The Morgan fingerprint density at radius 2 is 1.81 bits per heavy atom. The molecule has 0 fully saturated rings. The molecule has 21 heavy (non-hydrogen) atoms. The average Bonchev–Trinajstić information content (AvgIpc) is 3.01. The number of rotatable bonds is 2. The molecule has 1 amide bonds. The van der Waals surface area contributed by atoms with Crippen LogP contribution in [0.3, 0.4) is 0 Å². The maximum atomic E-state index is 12.1. The van der Waals surface area contributed by atoms with Crippen molar-refractivity contribution in [2.45, 2.75) is 6.92 Å². The first kappa shape index (κ1) is 14.1. The molecule has 0 unspecified atom stereocenters. The Bertz CT molecular complexity index is 903. The molecule has 0 saturated carbocycles. The van der Waals surface area contributed by atoms with Crippen LogP contribution < -0.4 is 10.4 Å². The number of nitrogens with zero attached hydrogens (tertiary/aromatic N) is 1. The number of carbonyl (C=O) groups excluding carboxylic acids is 2. The van der Waals surface area contributed by atoms with Gasteiger partial charge in [-0.15, -0.1) is 11.3 Å². The van der Waals surface area contributed by atoms with E-state index in [1.165, 1.54) is 38.9 Å². The molecule has 0 aliphatic heterocycles. The molecule has 2 aromatic heterocycles. The number of hydrogen-bond acceptors (Lipinski definition) is 6. The molecule has 3 rings (SSSR count). The maximum Gasteiger partial charge on any atom is 0.278 e. The molecule has 2 heterocycles. The first-order valence-corrected chi connectivity index (χ1v) is 9.00. The Morgan fingerprint density at radius 1 is 1.10 bits per heavy atom. The molecule has 0 aliphatic carbocycles. The zero-order valence-corrected chi connectivity index (χ0v) is 13.4. The lowest BCUT2D eigenvalue weighted by molar-refractivity contribution is 0.0996. The number of Topliss-reactive ketones (excluding diaryl/α,β-unsaturated/α-hetero) is 1. The standard InChI is InChI=1S/C14H10N2O2S3/c1-7(17)10-9(15)11-12(19-10)14(21-20-11)16-13(18)8-5-3-2-4-6-8/h2-6H,15H2,1H3. The van der Waals surface area contributed by atoms with Crippen molar-refractivity contribution in [2.24, 2.45) is 4.99 Å². The molecular formula is C14H10N2O2S3. The van der Waals surface area contributed by atoms with Crippen LogP contribution in [0.5, 0.6) is 0 Å².